The number of nitrogens with zero attached hydrogens (tertiary/aromatic N) is 5. The predicted molar refractivity (Wildman–Crippen MR) is 269 cm³/mol. The van der Waals surface area contributed by atoms with Crippen molar-refractivity contribution in [2.24, 2.45) is 0 Å². The number of benzene rings is 10. The lowest BCUT2D eigenvalue weighted by Gasteiger charge is -2.16. The zero-order valence-corrected chi connectivity index (χ0v) is 35.1. The number of hydrogen-bond acceptors (Lipinski definition) is 5. The van der Waals surface area contributed by atoms with Crippen LogP contribution in [0.4, 0.5) is 0 Å². The Hall–Kier alpha value is -9.07. The number of hydrogen-bond donors (Lipinski definition) is 0. The van der Waals surface area contributed by atoms with Gasteiger partial charge in [-0.3, -0.25) is 4.57 Å². The highest BCUT2D eigenvalue weighted by molar-refractivity contribution is 6.18. The Kier molecular flexibility index (Phi) is 7.10. The minimum Gasteiger partial charge on any atom is -0.456 e. The van der Waals surface area contributed by atoms with E-state index >= 15 is 0 Å². The normalized spacial score (nSPS) is 12.2. The molecule has 0 saturated carbocycles. The molecule has 66 heavy (non-hydrogen) atoms. The molecular weight excluding hydrogens is 811 g/mol. The van der Waals surface area contributed by atoms with E-state index in [1.165, 1.54) is 5.39 Å². The summed E-state index contributed by atoms with van der Waals surface area (Å²) in [4.78, 5) is 16.5. The van der Waals surface area contributed by atoms with Gasteiger partial charge in [-0.1, -0.05) is 133 Å². The standard InChI is InChI=1S/C59H33N5O2/c1-3-16-36-32-50-45(30-34(36)14-1)40-20-7-9-23-47(40)63(50)55-44(29-28-41-46-31-35-15-2-4-17-37(35)33-53(46)66-56(41)55)58-60-57(43-22-13-27-52-54(43)42-21-8-12-26-51(42)65-52)61-59(62-58)64-48-24-10-5-18-38(48)39-19-6-11-25-49(39)64/h1-33H. The number of aromatic nitrogens is 5. The van der Waals surface area contributed by atoms with Crippen LogP contribution in [0.15, 0.2) is 209 Å². The Bertz CT molecular complexity index is 4500. The molecule has 5 heterocycles. The van der Waals surface area contributed by atoms with E-state index in [-0.39, 0.29) is 0 Å². The minimum absolute atomic E-state index is 0.507. The van der Waals surface area contributed by atoms with Crippen molar-refractivity contribution in [2.45, 2.75) is 0 Å². The SMILES string of the molecule is c1ccc2cc3c(cc2c1)oc1c(-n2c4ccccc4c4cc5ccccc5cc42)c(-c2nc(-c4cccc5oc6ccccc6c45)nc(-n4c5ccccc5c5ccccc54)n2)ccc13. The highest BCUT2D eigenvalue weighted by atomic mass is 16.3. The molecule has 0 aliphatic rings. The number of fused-ring (bicyclic) bond motifs is 14. The molecule has 10 aromatic carbocycles. The van der Waals surface area contributed by atoms with Crippen LogP contribution in [0.2, 0.25) is 0 Å². The van der Waals surface area contributed by atoms with Crippen LogP contribution < -0.4 is 0 Å². The van der Waals surface area contributed by atoms with E-state index in [9.17, 15) is 0 Å². The maximum atomic E-state index is 7.18. The van der Waals surface area contributed by atoms with Gasteiger partial charge in [-0.2, -0.15) is 9.97 Å². The molecule has 0 fully saturated rings. The summed E-state index contributed by atoms with van der Waals surface area (Å²) < 4.78 is 18.2. The van der Waals surface area contributed by atoms with E-state index in [1.807, 2.05) is 30.3 Å². The van der Waals surface area contributed by atoms with Crippen LogP contribution in [0.1, 0.15) is 0 Å². The van der Waals surface area contributed by atoms with Gasteiger partial charge < -0.3 is 13.4 Å². The maximum Gasteiger partial charge on any atom is 0.238 e. The fourth-order valence-corrected chi connectivity index (χ4v) is 10.6. The molecule has 15 rings (SSSR count). The average molecular weight is 844 g/mol. The zero-order valence-electron chi connectivity index (χ0n) is 35.1. The van der Waals surface area contributed by atoms with Crippen molar-refractivity contribution in [3.05, 3.63) is 200 Å². The van der Waals surface area contributed by atoms with Gasteiger partial charge in [-0.15, -0.1) is 0 Å². The van der Waals surface area contributed by atoms with Crippen LogP contribution >= 0.6 is 0 Å². The second-order valence-corrected chi connectivity index (χ2v) is 17.1. The topological polar surface area (TPSA) is 74.8 Å². The van der Waals surface area contributed by atoms with Crippen molar-refractivity contribution in [3.8, 4) is 34.4 Å². The molecule has 0 bridgehead atoms. The van der Waals surface area contributed by atoms with Gasteiger partial charge in [0.2, 0.25) is 5.95 Å². The predicted octanol–water partition coefficient (Wildman–Crippen LogP) is 15.5. The first-order valence-corrected chi connectivity index (χ1v) is 22.2. The Balaban J connectivity index is 1.12. The summed E-state index contributed by atoms with van der Waals surface area (Å²) in [5, 5.41) is 13.1. The van der Waals surface area contributed by atoms with Crippen molar-refractivity contribution in [1.82, 2.24) is 24.1 Å². The average Bonchev–Trinajstić information content (AvgIpc) is 4.12. The van der Waals surface area contributed by atoms with Gasteiger partial charge in [0.25, 0.3) is 0 Å². The molecule has 7 nitrogen and oxygen atoms in total. The molecule has 306 valence electrons. The third kappa shape index (κ3) is 4.93. The molecule has 5 aromatic heterocycles. The van der Waals surface area contributed by atoms with E-state index in [1.54, 1.807) is 0 Å². The van der Waals surface area contributed by atoms with Crippen molar-refractivity contribution < 1.29 is 8.83 Å². The Morgan fingerprint density at radius 2 is 0.864 bits per heavy atom. The van der Waals surface area contributed by atoms with Crippen molar-refractivity contribution in [2.75, 3.05) is 0 Å². The van der Waals surface area contributed by atoms with Gasteiger partial charge in [0.1, 0.15) is 22.4 Å². The first kappa shape index (κ1) is 35.4. The lowest BCUT2D eigenvalue weighted by Crippen LogP contribution is -2.08. The lowest BCUT2D eigenvalue weighted by molar-refractivity contribution is 0.667. The molecule has 0 saturated heterocycles. The van der Waals surface area contributed by atoms with Crippen LogP contribution in [0.5, 0.6) is 0 Å². The van der Waals surface area contributed by atoms with Crippen molar-refractivity contribution in [3.63, 3.8) is 0 Å². The van der Waals surface area contributed by atoms with E-state index in [4.69, 9.17) is 23.8 Å². The minimum atomic E-state index is 0.507. The highest BCUT2D eigenvalue weighted by Gasteiger charge is 2.26. The van der Waals surface area contributed by atoms with E-state index < -0.39 is 0 Å². The fraction of sp³-hybridized carbons (Fsp3) is 0. The van der Waals surface area contributed by atoms with Gasteiger partial charge >= 0.3 is 0 Å². The Morgan fingerprint density at radius 1 is 0.318 bits per heavy atom. The quantitative estimate of drug-likeness (QED) is 0.176. The molecule has 0 amide bonds. The number of rotatable bonds is 4. The van der Waals surface area contributed by atoms with Crippen LogP contribution in [0.3, 0.4) is 0 Å². The lowest BCUT2D eigenvalue weighted by atomic mass is 10.0. The molecule has 0 aliphatic heterocycles. The third-order valence-corrected chi connectivity index (χ3v) is 13.5. The van der Waals surface area contributed by atoms with Crippen LogP contribution in [0.25, 0.3) is 143 Å². The molecule has 0 atom stereocenters. The van der Waals surface area contributed by atoms with Gasteiger partial charge in [0.05, 0.1) is 22.1 Å². The molecule has 0 unspecified atom stereocenters. The molecular formula is C59H33N5O2. The second-order valence-electron chi connectivity index (χ2n) is 17.1. The molecule has 15 aromatic rings. The summed E-state index contributed by atoms with van der Waals surface area (Å²) in [5.74, 6) is 1.55. The molecule has 0 N–H and O–H groups in total. The summed E-state index contributed by atoms with van der Waals surface area (Å²) >= 11 is 0. The summed E-state index contributed by atoms with van der Waals surface area (Å²) in [7, 11) is 0. The van der Waals surface area contributed by atoms with Crippen LogP contribution in [-0.2, 0) is 0 Å². The third-order valence-electron chi connectivity index (χ3n) is 13.5. The first-order valence-electron chi connectivity index (χ1n) is 22.2. The molecule has 7 heteroatoms. The molecule has 0 radical (unpaired) electrons. The highest BCUT2D eigenvalue weighted by Crippen LogP contribution is 2.45. The summed E-state index contributed by atoms with van der Waals surface area (Å²) in [6.07, 6.45) is 0. The molecule has 0 aliphatic carbocycles. The second kappa shape index (κ2) is 13.2. The van der Waals surface area contributed by atoms with Gasteiger partial charge in [0, 0.05) is 54.2 Å². The van der Waals surface area contributed by atoms with Gasteiger partial charge in [-0.25, -0.2) is 4.98 Å². The number of para-hydroxylation sites is 4. The van der Waals surface area contributed by atoms with Crippen molar-refractivity contribution in [1.29, 1.82) is 0 Å². The fourth-order valence-electron chi connectivity index (χ4n) is 10.6. The van der Waals surface area contributed by atoms with Gasteiger partial charge in [0.15, 0.2) is 17.2 Å². The summed E-state index contributed by atoms with van der Waals surface area (Å²) in [5.41, 5.74) is 9.75. The largest absolute Gasteiger partial charge is 0.456 e. The van der Waals surface area contributed by atoms with Crippen LogP contribution in [-0.4, -0.2) is 24.1 Å². The zero-order chi connectivity index (χ0) is 43.0. The summed E-state index contributed by atoms with van der Waals surface area (Å²) in [6.45, 7) is 0. The first-order chi connectivity index (χ1) is 32.7. The molecule has 0 spiro atoms. The van der Waals surface area contributed by atoms with E-state index in [2.05, 4.69) is 179 Å². The monoisotopic (exact) mass is 843 g/mol. The summed E-state index contributed by atoms with van der Waals surface area (Å²) in [6, 6.07) is 70.2. The number of furan rings is 2. The van der Waals surface area contributed by atoms with E-state index in [0.29, 0.717) is 17.6 Å². The van der Waals surface area contributed by atoms with Gasteiger partial charge in [-0.05, 0) is 88.3 Å². The van der Waals surface area contributed by atoms with E-state index in [0.717, 1.165) is 120 Å². The Morgan fingerprint density at radius 3 is 1.58 bits per heavy atom. The maximum absolute atomic E-state index is 7.18. The smallest absolute Gasteiger partial charge is 0.238 e. The Labute approximate surface area is 375 Å². The van der Waals surface area contributed by atoms with Crippen molar-refractivity contribution >= 4 is 109 Å². The van der Waals surface area contributed by atoms with Crippen LogP contribution in [0, 0.1) is 0 Å².